The summed E-state index contributed by atoms with van der Waals surface area (Å²) in [5, 5.41) is 0. The van der Waals surface area contributed by atoms with Crippen molar-refractivity contribution < 1.29 is 0 Å². The van der Waals surface area contributed by atoms with Crippen LogP contribution < -0.4 is 0 Å². The summed E-state index contributed by atoms with van der Waals surface area (Å²) >= 11 is 0. The Morgan fingerprint density at radius 2 is 1.65 bits per heavy atom. The van der Waals surface area contributed by atoms with E-state index in [2.05, 4.69) is 60.9 Å². The molecule has 0 aliphatic carbocycles. The van der Waals surface area contributed by atoms with Gasteiger partial charge in [-0.3, -0.25) is 0 Å². The molecule has 1 aromatic heterocycles. The van der Waals surface area contributed by atoms with Gasteiger partial charge in [0, 0.05) is 23.1 Å². The first-order valence-corrected chi connectivity index (χ1v) is 9.06. The molecule has 0 bridgehead atoms. The van der Waals surface area contributed by atoms with Crippen LogP contribution in [0.15, 0.2) is 36.5 Å². The predicted octanol–water partition coefficient (Wildman–Crippen LogP) is 5.92. The van der Waals surface area contributed by atoms with E-state index in [-0.39, 0.29) is 0 Å². The third-order valence-corrected chi connectivity index (χ3v) is 4.53. The minimum atomic E-state index is 1.02. The van der Waals surface area contributed by atoms with Crippen molar-refractivity contribution in [3.63, 3.8) is 0 Å². The van der Waals surface area contributed by atoms with Crippen LogP contribution in [-0.4, -0.2) is 4.57 Å². The SMILES string of the molecule is C#Cc1cn(-c2ccccc2)c(CC)c1CCCCCCCC. The van der Waals surface area contributed by atoms with Gasteiger partial charge in [0.15, 0.2) is 0 Å². The fraction of sp³-hybridized carbons (Fsp3) is 0.455. The van der Waals surface area contributed by atoms with Gasteiger partial charge in [-0.25, -0.2) is 0 Å². The minimum absolute atomic E-state index is 1.02. The van der Waals surface area contributed by atoms with E-state index >= 15 is 0 Å². The van der Waals surface area contributed by atoms with Crippen molar-refractivity contribution in [1.29, 1.82) is 0 Å². The molecule has 0 spiro atoms. The number of rotatable bonds is 9. The molecule has 0 amide bonds. The van der Waals surface area contributed by atoms with Crippen LogP contribution in [-0.2, 0) is 12.8 Å². The molecule has 0 N–H and O–H groups in total. The highest BCUT2D eigenvalue weighted by atomic mass is 15.0. The lowest BCUT2D eigenvalue weighted by molar-refractivity contribution is 0.606. The highest BCUT2D eigenvalue weighted by molar-refractivity contribution is 5.48. The van der Waals surface area contributed by atoms with E-state index in [9.17, 15) is 0 Å². The van der Waals surface area contributed by atoms with Gasteiger partial charge in [-0.05, 0) is 37.0 Å². The third kappa shape index (κ3) is 4.52. The lowest BCUT2D eigenvalue weighted by Gasteiger charge is -2.10. The van der Waals surface area contributed by atoms with Crippen LogP contribution in [0.5, 0.6) is 0 Å². The molecule has 0 radical (unpaired) electrons. The number of para-hydroxylation sites is 1. The lowest BCUT2D eigenvalue weighted by Crippen LogP contribution is -2.00. The fourth-order valence-corrected chi connectivity index (χ4v) is 3.27. The Balaban J connectivity index is 2.12. The average Bonchev–Trinajstić information content (AvgIpc) is 2.96. The maximum atomic E-state index is 5.77. The molecule has 0 saturated carbocycles. The second-order valence-electron chi connectivity index (χ2n) is 6.19. The molecule has 1 heterocycles. The normalized spacial score (nSPS) is 10.7. The Morgan fingerprint density at radius 1 is 0.957 bits per heavy atom. The van der Waals surface area contributed by atoms with Gasteiger partial charge in [0.2, 0.25) is 0 Å². The van der Waals surface area contributed by atoms with Gasteiger partial charge in [-0.2, -0.15) is 0 Å². The largest absolute Gasteiger partial charge is 0.319 e. The Labute approximate surface area is 141 Å². The summed E-state index contributed by atoms with van der Waals surface area (Å²) in [7, 11) is 0. The molecule has 2 rings (SSSR count). The maximum absolute atomic E-state index is 5.77. The van der Waals surface area contributed by atoms with Gasteiger partial charge in [0.1, 0.15) is 0 Å². The van der Waals surface area contributed by atoms with Crippen LogP contribution in [0.25, 0.3) is 5.69 Å². The number of aromatic nitrogens is 1. The van der Waals surface area contributed by atoms with Gasteiger partial charge in [-0.1, -0.05) is 70.1 Å². The van der Waals surface area contributed by atoms with Crippen LogP contribution >= 0.6 is 0 Å². The number of unbranched alkanes of at least 4 members (excludes halogenated alkanes) is 5. The van der Waals surface area contributed by atoms with E-state index in [1.54, 1.807) is 0 Å². The molecule has 1 aromatic carbocycles. The van der Waals surface area contributed by atoms with Crippen LogP contribution in [0, 0.1) is 12.3 Å². The highest BCUT2D eigenvalue weighted by Crippen LogP contribution is 2.24. The number of hydrogen-bond donors (Lipinski definition) is 0. The van der Waals surface area contributed by atoms with Crippen LogP contribution in [0.1, 0.15) is 69.2 Å². The van der Waals surface area contributed by atoms with Gasteiger partial charge in [-0.15, -0.1) is 6.42 Å². The van der Waals surface area contributed by atoms with Crippen molar-refractivity contribution in [2.75, 3.05) is 0 Å². The van der Waals surface area contributed by atoms with Gasteiger partial charge >= 0.3 is 0 Å². The van der Waals surface area contributed by atoms with Crippen LogP contribution in [0.2, 0.25) is 0 Å². The molecular weight excluding hydrogens is 278 g/mol. The van der Waals surface area contributed by atoms with Gasteiger partial charge in [0.25, 0.3) is 0 Å². The Hall–Kier alpha value is -1.94. The lowest BCUT2D eigenvalue weighted by atomic mass is 10.0. The molecule has 1 nitrogen and oxygen atoms in total. The molecule has 1 heteroatoms. The standard InChI is InChI=1S/C22H29N/c1-4-7-8-9-10-14-17-21-19(5-2)18-23(22(21)6-3)20-15-12-11-13-16-20/h2,11-13,15-16,18H,4,6-10,14,17H2,1,3H3. The molecule has 0 fully saturated rings. The topological polar surface area (TPSA) is 4.93 Å². The Morgan fingerprint density at radius 3 is 2.30 bits per heavy atom. The molecule has 0 unspecified atom stereocenters. The van der Waals surface area contributed by atoms with E-state index < -0.39 is 0 Å². The first kappa shape index (κ1) is 17.4. The summed E-state index contributed by atoms with van der Waals surface area (Å²) in [6.07, 6.45) is 18.0. The Bertz CT molecular complexity index is 628. The number of hydrogen-bond acceptors (Lipinski definition) is 0. The minimum Gasteiger partial charge on any atom is -0.319 e. The second-order valence-corrected chi connectivity index (χ2v) is 6.19. The Kier molecular flexibility index (Phi) is 7.01. The second kappa shape index (κ2) is 9.26. The smallest absolute Gasteiger partial charge is 0.0458 e. The van der Waals surface area contributed by atoms with Crippen molar-refractivity contribution in [1.82, 2.24) is 4.57 Å². The van der Waals surface area contributed by atoms with Crippen molar-refractivity contribution in [3.05, 3.63) is 53.3 Å². The van der Waals surface area contributed by atoms with E-state index in [1.807, 2.05) is 0 Å². The van der Waals surface area contributed by atoms with E-state index in [0.717, 1.165) is 18.4 Å². The molecule has 2 aromatic rings. The third-order valence-electron chi connectivity index (χ3n) is 4.53. The first-order valence-electron chi connectivity index (χ1n) is 9.06. The van der Waals surface area contributed by atoms with Crippen molar-refractivity contribution in [2.24, 2.45) is 0 Å². The first-order chi connectivity index (χ1) is 11.3. The monoisotopic (exact) mass is 307 g/mol. The summed E-state index contributed by atoms with van der Waals surface area (Å²) in [5.41, 5.74) is 5.03. The van der Waals surface area contributed by atoms with E-state index in [1.165, 1.54) is 55.5 Å². The summed E-state index contributed by atoms with van der Waals surface area (Å²) in [5.74, 6) is 2.90. The zero-order valence-corrected chi connectivity index (χ0v) is 14.6. The molecule has 0 aliphatic rings. The van der Waals surface area contributed by atoms with Crippen molar-refractivity contribution in [2.45, 2.75) is 65.2 Å². The summed E-state index contributed by atoms with van der Waals surface area (Å²) in [6.45, 7) is 4.48. The molecule has 122 valence electrons. The summed E-state index contributed by atoms with van der Waals surface area (Å²) in [4.78, 5) is 0. The molecular formula is C22H29N. The van der Waals surface area contributed by atoms with Crippen molar-refractivity contribution in [3.8, 4) is 18.0 Å². The fourth-order valence-electron chi connectivity index (χ4n) is 3.27. The van der Waals surface area contributed by atoms with E-state index in [0.29, 0.717) is 0 Å². The molecule has 0 aliphatic heterocycles. The van der Waals surface area contributed by atoms with E-state index in [4.69, 9.17) is 6.42 Å². The molecule has 23 heavy (non-hydrogen) atoms. The number of nitrogens with zero attached hydrogens (tertiary/aromatic N) is 1. The highest BCUT2D eigenvalue weighted by Gasteiger charge is 2.14. The molecule has 0 atom stereocenters. The average molecular weight is 307 g/mol. The zero-order chi connectivity index (χ0) is 16.5. The quantitative estimate of drug-likeness (QED) is 0.400. The summed E-state index contributed by atoms with van der Waals surface area (Å²) < 4.78 is 2.28. The number of benzene rings is 1. The number of terminal acetylenes is 1. The van der Waals surface area contributed by atoms with Gasteiger partial charge in [0.05, 0.1) is 0 Å². The van der Waals surface area contributed by atoms with Crippen LogP contribution in [0.3, 0.4) is 0 Å². The van der Waals surface area contributed by atoms with Gasteiger partial charge < -0.3 is 4.57 Å². The zero-order valence-electron chi connectivity index (χ0n) is 14.6. The molecule has 0 saturated heterocycles. The summed E-state index contributed by atoms with van der Waals surface area (Å²) in [6, 6.07) is 10.5. The predicted molar refractivity (Wildman–Crippen MR) is 100 cm³/mol. The van der Waals surface area contributed by atoms with Crippen molar-refractivity contribution >= 4 is 0 Å². The van der Waals surface area contributed by atoms with Crippen LogP contribution in [0.4, 0.5) is 0 Å². The maximum Gasteiger partial charge on any atom is 0.0458 e.